The lowest BCUT2D eigenvalue weighted by Gasteiger charge is -2.14. The van der Waals surface area contributed by atoms with Crippen LogP contribution in [0.3, 0.4) is 0 Å². The van der Waals surface area contributed by atoms with E-state index in [0.717, 1.165) is 18.4 Å². The summed E-state index contributed by atoms with van der Waals surface area (Å²) in [6, 6.07) is 8.93. The van der Waals surface area contributed by atoms with E-state index >= 15 is 0 Å². The number of hydrogen-bond donors (Lipinski definition) is 0. The summed E-state index contributed by atoms with van der Waals surface area (Å²) in [4.78, 5) is 13.8. The Morgan fingerprint density at radius 2 is 2.20 bits per heavy atom. The number of benzene rings is 1. The monoisotopic (exact) mass is 292 g/mol. The molecule has 1 amide bonds. The van der Waals surface area contributed by atoms with Crippen LogP contribution in [-0.4, -0.2) is 29.6 Å². The molecule has 106 valence electrons. The fourth-order valence-electron chi connectivity index (χ4n) is 1.84. The Labute approximate surface area is 123 Å². The maximum atomic E-state index is 12.1. The Hall–Kier alpha value is -1.81. The molecule has 20 heavy (non-hydrogen) atoms. The fraction of sp³-hybridized carbons (Fsp3) is 0.333. The van der Waals surface area contributed by atoms with Gasteiger partial charge in [0.15, 0.2) is 0 Å². The summed E-state index contributed by atoms with van der Waals surface area (Å²) in [6.45, 7) is 2.80. The number of halogens is 1. The molecular formula is C15H17ClN2O2. The second-order valence-electron chi connectivity index (χ2n) is 4.67. The van der Waals surface area contributed by atoms with Crippen molar-refractivity contribution in [1.29, 1.82) is 0 Å². The number of hydrogen-bond acceptors (Lipinski definition) is 3. The number of carbonyl (C=O) groups is 1. The van der Waals surface area contributed by atoms with Crippen molar-refractivity contribution in [2.75, 3.05) is 13.6 Å². The highest BCUT2D eigenvalue weighted by atomic mass is 35.5. The molecule has 1 aromatic heterocycles. The maximum absolute atomic E-state index is 12.1. The lowest BCUT2D eigenvalue weighted by atomic mass is 10.1. The molecule has 4 nitrogen and oxygen atoms in total. The van der Waals surface area contributed by atoms with Gasteiger partial charge in [-0.1, -0.05) is 42.2 Å². The molecule has 1 aromatic carbocycles. The first-order valence-electron chi connectivity index (χ1n) is 6.60. The van der Waals surface area contributed by atoms with Gasteiger partial charge >= 0.3 is 0 Å². The highest BCUT2D eigenvalue weighted by Gasteiger charge is 2.17. The van der Waals surface area contributed by atoms with Crippen LogP contribution in [0.5, 0.6) is 0 Å². The molecule has 5 heteroatoms. The van der Waals surface area contributed by atoms with Gasteiger partial charge in [-0.05, 0) is 18.6 Å². The lowest BCUT2D eigenvalue weighted by Crippen LogP contribution is -2.27. The highest BCUT2D eigenvalue weighted by Crippen LogP contribution is 2.22. The summed E-state index contributed by atoms with van der Waals surface area (Å²) in [5.41, 5.74) is 1.44. The van der Waals surface area contributed by atoms with E-state index < -0.39 is 0 Å². The molecule has 0 aliphatic rings. The zero-order chi connectivity index (χ0) is 14.5. The molecule has 0 saturated heterocycles. The number of amides is 1. The topological polar surface area (TPSA) is 46.3 Å². The van der Waals surface area contributed by atoms with Gasteiger partial charge in [0.25, 0.3) is 5.91 Å². The Kier molecular flexibility index (Phi) is 4.79. The zero-order valence-corrected chi connectivity index (χ0v) is 12.4. The molecule has 0 atom stereocenters. The van der Waals surface area contributed by atoms with Crippen LogP contribution in [0.15, 0.2) is 34.9 Å². The minimum absolute atomic E-state index is 0.153. The highest BCUT2D eigenvalue weighted by molar-refractivity contribution is 6.30. The molecule has 0 saturated carbocycles. The normalized spacial score (nSPS) is 10.6. The Bertz CT molecular complexity index is 595. The van der Waals surface area contributed by atoms with Crippen LogP contribution in [0, 0.1) is 0 Å². The minimum Gasteiger partial charge on any atom is -0.350 e. The fourth-order valence-corrected chi connectivity index (χ4v) is 2.04. The van der Waals surface area contributed by atoms with Gasteiger partial charge < -0.3 is 9.42 Å². The summed E-state index contributed by atoms with van der Waals surface area (Å²) < 4.78 is 5.14. The molecule has 0 spiro atoms. The SMILES string of the molecule is CCCCN(C)C(=O)c1cc(-c2cccc(Cl)c2)no1. The third-order valence-electron chi connectivity index (χ3n) is 3.04. The van der Waals surface area contributed by atoms with Crippen molar-refractivity contribution in [3.05, 3.63) is 41.1 Å². The number of nitrogens with zero attached hydrogens (tertiary/aromatic N) is 2. The number of unbranched alkanes of at least 4 members (excludes halogenated alkanes) is 1. The van der Waals surface area contributed by atoms with Gasteiger partial charge in [-0.15, -0.1) is 0 Å². The van der Waals surface area contributed by atoms with E-state index in [1.54, 1.807) is 30.1 Å². The van der Waals surface area contributed by atoms with Crippen LogP contribution < -0.4 is 0 Å². The molecule has 0 radical (unpaired) electrons. The Morgan fingerprint density at radius 1 is 1.40 bits per heavy atom. The number of rotatable bonds is 5. The van der Waals surface area contributed by atoms with Crippen molar-refractivity contribution in [1.82, 2.24) is 10.1 Å². The lowest BCUT2D eigenvalue weighted by molar-refractivity contribution is 0.0752. The smallest absolute Gasteiger partial charge is 0.292 e. The molecule has 0 bridgehead atoms. The predicted octanol–water partition coefficient (Wildman–Crippen LogP) is 3.87. The molecule has 2 aromatic rings. The van der Waals surface area contributed by atoms with Crippen molar-refractivity contribution >= 4 is 17.5 Å². The van der Waals surface area contributed by atoms with E-state index in [0.29, 0.717) is 17.3 Å². The largest absolute Gasteiger partial charge is 0.350 e. The predicted molar refractivity (Wildman–Crippen MR) is 78.8 cm³/mol. The van der Waals surface area contributed by atoms with Crippen LogP contribution in [0.2, 0.25) is 5.02 Å². The minimum atomic E-state index is -0.153. The van der Waals surface area contributed by atoms with Gasteiger partial charge in [-0.25, -0.2) is 0 Å². The van der Waals surface area contributed by atoms with Crippen molar-refractivity contribution < 1.29 is 9.32 Å². The van der Waals surface area contributed by atoms with Crippen molar-refractivity contribution in [3.63, 3.8) is 0 Å². The Balaban J connectivity index is 2.14. The summed E-state index contributed by atoms with van der Waals surface area (Å²) in [5.74, 6) is 0.0952. The molecule has 2 rings (SSSR count). The van der Waals surface area contributed by atoms with Gasteiger partial charge in [-0.3, -0.25) is 4.79 Å². The van der Waals surface area contributed by atoms with E-state index in [1.807, 2.05) is 12.1 Å². The molecule has 0 aliphatic carbocycles. The van der Waals surface area contributed by atoms with Crippen molar-refractivity contribution in [2.24, 2.45) is 0 Å². The first kappa shape index (κ1) is 14.6. The molecule has 0 aliphatic heterocycles. The molecule has 0 unspecified atom stereocenters. The number of carbonyl (C=O) groups excluding carboxylic acids is 1. The van der Waals surface area contributed by atoms with Crippen molar-refractivity contribution in [2.45, 2.75) is 19.8 Å². The second kappa shape index (κ2) is 6.57. The number of aromatic nitrogens is 1. The van der Waals surface area contributed by atoms with E-state index in [9.17, 15) is 4.79 Å². The van der Waals surface area contributed by atoms with Crippen LogP contribution in [0.1, 0.15) is 30.3 Å². The molecule has 0 N–H and O–H groups in total. The first-order valence-corrected chi connectivity index (χ1v) is 6.97. The second-order valence-corrected chi connectivity index (χ2v) is 5.10. The summed E-state index contributed by atoms with van der Waals surface area (Å²) in [5, 5.41) is 4.55. The average molecular weight is 293 g/mol. The summed E-state index contributed by atoms with van der Waals surface area (Å²) >= 11 is 5.94. The molecular weight excluding hydrogens is 276 g/mol. The quantitative estimate of drug-likeness (QED) is 0.840. The van der Waals surface area contributed by atoms with Gasteiger partial charge in [-0.2, -0.15) is 0 Å². The first-order chi connectivity index (χ1) is 9.61. The van der Waals surface area contributed by atoms with E-state index in [1.165, 1.54) is 0 Å². The molecule has 0 fully saturated rings. The van der Waals surface area contributed by atoms with Gasteiger partial charge in [0.2, 0.25) is 5.76 Å². The third kappa shape index (κ3) is 3.39. The van der Waals surface area contributed by atoms with Gasteiger partial charge in [0.1, 0.15) is 5.69 Å². The third-order valence-corrected chi connectivity index (χ3v) is 3.27. The summed E-state index contributed by atoms with van der Waals surface area (Å²) in [6.07, 6.45) is 2.01. The van der Waals surface area contributed by atoms with E-state index in [-0.39, 0.29) is 11.7 Å². The Morgan fingerprint density at radius 3 is 2.90 bits per heavy atom. The summed E-state index contributed by atoms with van der Waals surface area (Å²) in [7, 11) is 1.76. The van der Waals surface area contributed by atoms with E-state index in [4.69, 9.17) is 16.1 Å². The van der Waals surface area contributed by atoms with Crippen LogP contribution in [0.25, 0.3) is 11.3 Å². The van der Waals surface area contributed by atoms with Gasteiger partial charge in [0, 0.05) is 30.2 Å². The van der Waals surface area contributed by atoms with Crippen LogP contribution in [-0.2, 0) is 0 Å². The standard InChI is InChI=1S/C15H17ClN2O2/c1-3-4-8-18(2)15(19)14-10-13(17-20-14)11-6-5-7-12(16)9-11/h5-7,9-10H,3-4,8H2,1-2H3. The van der Waals surface area contributed by atoms with Crippen molar-refractivity contribution in [3.8, 4) is 11.3 Å². The van der Waals surface area contributed by atoms with E-state index in [2.05, 4.69) is 12.1 Å². The molecule has 1 heterocycles. The van der Waals surface area contributed by atoms with Gasteiger partial charge in [0.05, 0.1) is 0 Å². The van der Waals surface area contributed by atoms with Crippen LogP contribution in [0.4, 0.5) is 0 Å². The maximum Gasteiger partial charge on any atom is 0.292 e. The zero-order valence-electron chi connectivity index (χ0n) is 11.6. The van der Waals surface area contributed by atoms with Crippen LogP contribution >= 0.6 is 11.6 Å². The average Bonchev–Trinajstić information content (AvgIpc) is 2.93.